The molecule has 0 spiro atoms. The lowest BCUT2D eigenvalue weighted by molar-refractivity contribution is 0.153. The van der Waals surface area contributed by atoms with Crippen LogP contribution < -0.4 is 0 Å². The number of ether oxygens (including phenoxy) is 1. The topological polar surface area (TPSA) is 9.23 Å². The first-order chi connectivity index (χ1) is 7.33. The standard InChI is InChI=1S/C13H15ClO/c1-2-3-4-5-10-15-11-12-6-8-13(14)9-7-12/h6-9H,2-3,10-11H2,1H3. The van der Waals surface area contributed by atoms with E-state index >= 15 is 0 Å². The summed E-state index contributed by atoms with van der Waals surface area (Å²) in [6, 6.07) is 7.65. The van der Waals surface area contributed by atoms with Gasteiger partial charge in [0.05, 0.1) is 6.61 Å². The van der Waals surface area contributed by atoms with Crippen molar-refractivity contribution in [1.82, 2.24) is 0 Å². The number of hydrogen-bond acceptors (Lipinski definition) is 1. The van der Waals surface area contributed by atoms with E-state index in [0.717, 1.165) is 23.4 Å². The molecule has 1 rings (SSSR count). The minimum atomic E-state index is 0.503. The molecule has 1 nitrogen and oxygen atoms in total. The molecule has 80 valence electrons. The first-order valence-electron chi connectivity index (χ1n) is 5.11. The van der Waals surface area contributed by atoms with Gasteiger partial charge in [-0.05, 0) is 24.1 Å². The average molecular weight is 223 g/mol. The Balaban J connectivity index is 2.21. The maximum absolute atomic E-state index is 5.77. The molecule has 0 amide bonds. The lowest BCUT2D eigenvalue weighted by Crippen LogP contribution is -1.92. The number of hydrogen-bond donors (Lipinski definition) is 0. The largest absolute Gasteiger partial charge is 0.364 e. The van der Waals surface area contributed by atoms with Gasteiger partial charge in [0.15, 0.2) is 0 Å². The molecule has 15 heavy (non-hydrogen) atoms. The van der Waals surface area contributed by atoms with Gasteiger partial charge in [0, 0.05) is 11.4 Å². The van der Waals surface area contributed by atoms with E-state index in [2.05, 4.69) is 18.8 Å². The van der Waals surface area contributed by atoms with Crippen molar-refractivity contribution in [2.24, 2.45) is 0 Å². The lowest BCUT2D eigenvalue weighted by Gasteiger charge is -2.00. The van der Waals surface area contributed by atoms with Crippen LogP contribution in [0.4, 0.5) is 0 Å². The summed E-state index contributed by atoms with van der Waals surface area (Å²) in [5.41, 5.74) is 1.12. The summed E-state index contributed by atoms with van der Waals surface area (Å²) in [4.78, 5) is 0. The maximum Gasteiger partial charge on any atom is 0.108 e. The van der Waals surface area contributed by atoms with E-state index < -0.39 is 0 Å². The van der Waals surface area contributed by atoms with Gasteiger partial charge in [-0.1, -0.05) is 36.6 Å². The number of benzene rings is 1. The van der Waals surface area contributed by atoms with Crippen LogP contribution in [0.2, 0.25) is 5.02 Å². The Morgan fingerprint density at radius 3 is 2.60 bits per heavy atom. The molecule has 0 aliphatic rings. The second-order valence-electron chi connectivity index (χ2n) is 3.22. The Labute approximate surface area is 96.4 Å². The van der Waals surface area contributed by atoms with E-state index in [-0.39, 0.29) is 0 Å². The third-order valence-electron chi connectivity index (χ3n) is 1.86. The quantitative estimate of drug-likeness (QED) is 0.558. The van der Waals surface area contributed by atoms with Crippen molar-refractivity contribution in [3.8, 4) is 11.8 Å². The zero-order chi connectivity index (χ0) is 10.9. The minimum absolute atomic E-state index is 0.503. The molecule has 1 aromatic carbocycles. The number of unbranched alkanes of at least 4 members (excludes halogenated alkanes) is 1. The molecule has 0 atom stereocenters. The summed E-state index contributed by atoms with van der Waals surface area (Å²) in [5, 5.41) is 0.751. The molecule has 0 aliphatic heterocycles. The first kappa shape index (κ1) is 12.1. The third-order valence-corrected chi connectivity index (χ3v) is 2.11. The zero-order valence-corrected chi connectivity index (χ0v) is 9.68. The van der Waals surface area contributed by atoms with Gasteiger partial charge in [0.2, 0.25) is 0 Å². The molecule has 0 radical (unpaired) electrons. The van der Waals surface area contributed by atoms with Gasteiger partial charge in [-0.2, -0.15) is 0 Å². The summed E-state index contributed by atoms with van der Waals surface area (Å²) in [5.74, 6) is 6.00. The van der Waals surface area contributed by atoms with Gasteiger partial charge in [-0.25, -0.2) is 0 Å². The smallest absolute Gasteiger partial charge is 0.108 e. The Hall–Kier alpha value is -0.970. The van der Waals surface area contributed by atoms with Crippen LogP contribution >= 0.6 is 11.6 Å². The van der Waals surface area contributed by atoms with Gasteiger partial charge in [-0.15, -0.1) is 5.92 Å². The van der Waals surface area contributed by atoms with E-state index in [9.17, 15) is 0 Å². The monoisotopic (exact) mass is 222 g/mol. The molecule has 0 saturated heterocycles. The Morgan fingerprint density at radius 2 is 1.93 bits per heavy atom. The van der Waals surface area contributed by atoms with Gasteiger partial charge >= 0.3 is 0 Å². The van der Waals surface area contributed by atoms with Crippen LogP contribution in [0.3, 0.4) is 0 Å². The van der Waals surface area contributed by atoms with Crippen LogP contribution in [0.15, 0.2) is 24.3 Å². The summed E-state index contributed by atoms with van der Waals surface area (Å²) >= 11 is 5.77. The average Bonchev–Trinajstić information content (AvgIpc) is 2.26. The van der Waals surface area contributed by atoms with Crippen LogP contribution in [0, 0.1) is 11.8 Å². The SMILES string of the molecule is CCCC#CCOCc1ccc(Cl)cc1. The van der Waals surface area contributed by atoms with Crippen molar-refractivity contribution < 1.29 is 4.74 Å². The molecule has 0 fully saturated rings. The summed E-state index contributed by atoms with van der Waals surface area (Å²) in [6.07, 6.45) is 2.05. The van der Waals surface area contributed by atoms with E-state index in [1.165, 1.54) is 0 Å². The predicted octanol–water partition coefficient (Wildman–Crippen LogP) is 3.66. The van der Waals surface area contributed by atoms with Gasteiger partial charge in [0.25, 0.3) is 0 Å². The van der Waals surface area contributed by atoms with E-state index in [0.29, 0.717) is 13.2 Å². The molecule has 0 aliphatic carbocycles. The zero-order valence-electron chi connectivity index (χ0n) is 8.92. The van der Waals surface area contributed by atoms with Crippen LogP contribution in [-0.4, -0.2) is 6.61 Å². The van der Waals surface area contributed by atoms with Crippen LogP contribution in [0.1, 0.15) is 25.3 Å². The fourth-order valence-corrected chi connectivity index (χ4v) is 1.19. The molecule has 1 aromatic rings. The van der Waals surface area contributed by atoms with Gasteiger partial charge < -0.3 is 4.74 Å². The van der Waals surface area contributed by atoms with Gasteiger partial charge in [-0.3, -0.25) is 0 Å². The van der Waals surface area contributed by atoms with Crippen LogP contribution in [-0.2, 0) is 11.3 Å². The summed E-state index contributed by atoms with van der Waals surface area (Å²) < 4.78 is 5.39. The summed E-state index contributed by atoms with van der Waals surface area (Å²) in [7, 11) is 0. The van der Waals surface area contributed by atoms with Crippen molar-refractivity contribution >= 4 is 11.6 Å². The van der Waals surface area contributed by atoms with Crippen LogP contribution in [0.5, 0.6) is 0 Å². The molecular formula is C13H15ClO. The molecule has 2 heteroatoms. The molecule has 0 saturated carbocycles. The van der Waals surface area contributed by atoms with Gasteiger partial charge in [0.1, 0.15) is 6.61 Å². The third kappa shape index (κ3) is 5.47. The van der Waals surface area contributed by atoms with Crippen molar-refractivity contribution in [2.45, 2.75) is 26.4 Å². The fourth-order valence-electron chi connectivity index (χ4n) is 1.06. The second-order valence-corrected chi connectivity index (χ2v) is 3.66. The Morgan fingerprint density at radius 1 is 1.20 bits per heavy atom. The molecule has 0 unspecified atom stereocenters. The number of halogens is 1. The molecule has 0 bridgehead atoms. The van der Waals surface area contributed by atoms with Crippen molar-refractivity contribution in [3.05, 3.63) is 34.9 Å². The van der Waals surface area contributed by atoms with E-state index in [4.69, 9.17) is 16.3 Å². The van der Waals surface area contributed by atoms with Crippen molar-refractivity contribution in [2.75, 3.05) is 6.61 Å². The fraction of sp³-hybridized carbons (Fsp3) is 0.385. The minimum Gasteiger partial charge on any atom is -0.364 e. The predicted molar refractivity (Wildman–Crippen MR) is 63.8 cm³/mol. The highest BCUT2D eigenvalue weighted by atomic mass is 35.5. The highest BCUT2D eigenvalue weighted by molar-refractivity contribution is 6.30. The Kier molecular flexibility index (Phi) is 5.92. The highest BCUT2D eigenvalue weighted by Gasteiger charge is 1.91. The normalized spacial score (nSPS) is 9.47. The second kappa shape index (κ2) is 7.34. The van der Waals surface area contributed by atoms with Crippen molar-refractivity contribution in [1.29, 1.82) is 0 Å². The van der Waals surface area contributed by atoms with Crippen LogP contribution in [0.25, 0.3) is 0 Å². The molecular weight excluding hydrogens is 208 g/mol. The highest BCUT2D eigenvalue weighted by Crippen LogP contribution is 2.09. The van der Waals surface area contributed by atoms with E-state index in [1.807, 2.05) is 24.3 Å². The molecule has 0 heterocycles. The number of rotatable bonds is 4. The van der Waals surface area contributed by atoms with E-state index in [1.54, 1.807) is 0 Å². The summed E-state index contributed by atoms with van der Waals surface area (Å²) in [6.45, 7) is 3.21. The molecule has 0 aromatic heterocycles. The molecule has 0 N–H and O–H groups in total. The Bertz CT molecular complexity index is 332. The lowest BCUT2D eigenvalue weighted by atomic mass is 10.2. The maximum atomic E-state index is 5.77. The first-order valence-corrected chi connectivity index (χ1v) is 5.48. The van der Waals surface area contributed by atoms with Crippen molar-refractivity contribution in [3.63, 3.8) is 0 Å².